The molecule has 3 nitrogen and oxygen atoms in total. The number of nitrogens with zero attached hydrogens (tertiary/aromatic N) is 1. The summed E-state index contributed by atoms with van der Waals surface area (Å²) in [6.07, 6.45) is 0. The molecule has 3 aromatic rings. The van der Waals surface area contributed by atoms with E-state index < -0.39 is 5.97 Å². The monoisotopic (exact) mass is 291 g/mol. The van der Waals surface area contributed by atoms with Gasteiger partial charge < -0.3 is 9.67 Å². The average Bonchev–Trinajstić information content (AvgIpc) is 2.86. The molecule has 0 bridgehead atoms. The summed E-state index contributed by atoms with van der Waals surface area (Å²) in [4.78, 5) is 11.6. The number of rotatable bonds is 4. The molecule has 0 unspecified atom stereocenters. The van der Waals surface area contributed by atoms with E-state index in [1.807, 2.05) is 55.5 Å². The first-order valence-electron chi connectivity index (χ1n) is 7.19. The summed E-state index contributed by atoms with van der Waals surface area (Å²) in [5.74, 6) is -0.895. The maximum absolute atomic E-state index is 11.6. The number of carbonyl (C=O) groups is 1. The van der Waals surface area contributed by atoms with Crippen LogP contribution in [-0.2, 0) is 6.54 Å². The summed E-state index contributed by atoms with van der Waals surface area (Å²) in [5.41, 5.74) is 4.12. The third-order valence-corrected chi connectivity index (χ3v) is 3.77. The fourth-order valence-electron chi connectivity index (χ4n) is 2.72. The Hall–Kier alpha value is -2.81. The standard InChI is InChI=1S/C19H17NO2/c1-14-12-17(19(21)22)18(16-10-6-3-7-11-16)20(14)13-15-8-4-2-5-9-15/h2-12H,13H2,1H3,(H,21,22). The minimum Gasteiger partial charge on any atom is -0.478 e. The highest BCUT2D eigenvalue weighted by Crippen LogP contribution is 2.28. The van der Waals surface area contributed by atoms with Gasteiger partial charge in [-0.25, -0.2) is 4.79 Å². The van der Waals surface area contributed by atoms with Gasteiger partial charge in [0.25, 0.3) is 0 Å². The van der Waals surface area contributed by atoms with E-state index in [-0.39, 0.29) is 0 Å². The lowest BCUT2D eigenvalue weighted by Gasteiger charge is -2.13. The van der Waals surface area contributed by atoms with Crippen LogP contribution in [0.4, 0.5) is 0 Å². The maximum Gasteiger partial charge on any atom is 0.337 e. The van der Waals surface area contributed by atoms with Crippen LogP contribution in [0.2, 0.25) is 0 Å². The van der Waals surface area contributed by atoms with Crippen molar-refractivity contribution in [1.82, 2.24) is 4.57 Å². The van der Waals surface area contributed by atoms with Crippen LogP contribution in [0.3, 0.4) is 0 Å². The van der Waals surface area contributed by atoms with Gasteiger partial charge in [-0.05, 0) is 24.1 Å². The van der Waals surface area contributed by atoms with Gasteiger partial charge in [0, 0.05) is 12.2 Å². The molecule has 0 aliphatic rings. The van der Waals surface area contributed by atoms with E-state index in [4.69, 9.17) is 0 Å². The van der Waals surface area contributed by atoms with Crippen molar-refractivity contribution >= 4 is 5.97 Å². The van der Waals surface area contributed by atoms with Crippen LogP contribution in [0, 0.1) is 6.92 Å². The zero-order valence-electron chi connectivity index (χ0n) is 12.4. The van der Waals surface area contributed by atoms with Gasteiger partial charge in [0.05, 0.1) is 11.3 Å². The lowest BCUT2D eigenvalue weighted by molar-refractivity contribution is 0.0697. The molecule has 1 aromatic heterocycles. The fraction of sp³-hybridized carbons (Fsp3) is 0.105. The highest BCUT2D eigenvalue weighted by Gasteiger charge is 2.19. The van der Waals surface area contributed by atoms with Gasteiger partial charge in [0.2, 0.25) is 0 Å². The molecule has 0 fully saturated rings. The second-order valence-corrected chi connectivity index (χ2v) is 5.29. The Labute approximate surface area is 129 Å². The minimum absolute atomic E-state index is 0.347. The largest absolute Gasteiger partial charge is 0.478 e. The molecule has 110 valence electrons. The molecule has 3 rings (SSSR count). The second kappa shape index (κ2) is 5.90. The van der Waals surface area contributed by atoms with Crippen molar-refractivity contribution < 1.29 is 9.90 Å². The van der Waals surface area contributed by atoms with E-state index in [1.54, 1.807) is 6.07 Å². The van der Waals surface area contributed by atoms with Crippen LogP contribution in [0.1, 0.15) is 21.6 Å². The number of aromatic nitrogens is 1. The molecule has 0 radical (unpaired) electrons. The number of aromatic carboxylic acids is 1. The van der Waals surface area contributed by atoms with Crippen LogP contribution in [-0.4, -0.2) is 15.6 Å². The SMILES string of the molecule is Cc1cc(C(=O)O)c(-c2ccccc2)n1Cc1ccccc1. The van der Waals surface area contributed by atoms with E-state index in [1.165, 1.54) is 0 Å². The Morgan fingerprint density at radius 1 is 1.00 bits per heavy atom. The maximum atomic E-state index is 11.6. The summed E-state index contributed by atoms with van der Waals surface area (Å²) in [6, 6.07) is 21.5. The highest BCUT2D eigenvalue weighted by atomic mass is 16.4. The van der Waals surface area contributed by atoms with E-state index in [0.29, 0.717) is 12.1 Å². The zero-order chi connectivity index (χ0) is 15.5. The third kappa shape index (κ3) is 2.66. The lowest BCUT2D eigenvalue weighted by atomic mass is 10.1. The summed E-state index contributed by atoms with van der Waals surface area (Å²) in [7, 11) is 0. The Kier molecular flexibility index (Phi) is 3.79. The van der Waals surface area contributed by atoms with Crippen LogP contribution in [0.5, 0.6) is 0 Å². The van der Waals surface area contributed by atoms with Crippen molar-refractivity contribution in [2.75, 3.05) is 0 Å². The molecular formula is C19H17NO2. The van der Waals surface area contributed by atoms with Crippen LogP contribution in [0.25, 0.3) is 11.3 Å². The van der Waals surface area contributed by atoms with Gasteiger partial charge in [-0.3, -0.25) is 0 Å². The summed E-state index contributed by atoms with van der Waals surface area (Å²) >= 11 is 0. The number of benzene rings is 2. The number of aryl methyl sites for hydroxylation is 1. The van der Waals surface area contributed by atoms with Crippen molar-refractivity contribution in [2.45, 2.75) is 13.5 Å². The van der Waals surface area contributed by atoms with E-state index in [9.17, 15) is 9.90 Å². The van der Waals surface area contributed by atoms with Crippen molar-refractivity contribution in [1.29, 1.82) is 0 Å². The molecule has 1 heterocycles. The molecule has 0 aliphatic carbocycles. The topological polar surface area (TPSA) is 42.2 Å². The van der Waals surface area contributed by atoms with E-state index >= 15 is 0 Å². The predicted octanol–water partition coefficient (Wildman–Crippen LogP) is 4.21. The first kappa shape index (κ1) is 14.1. The van der Waals surface area contributed by atoms with Crippen molar-refractivity contribution in [3.63, 3.8) is 0 Å². The Morgan fingerprint density at radius 3 is 2.18 bits per heavy atom. The third-order valence-electron chi connectivity index (χ3n) is 3.77. The van der Waals surface area contributed by atoms with Crippen LogP contribution < -0.4 is 0 Å². The van der Waals surface area contributed by atoms with Crippen LogP contribution >= 0.6 is 0 Å². The summed E-state index contributed by atoms with van der Waals surface area (Å²) in [6.45, 7) is 2.60. The molecule has 0 saturated heterocycles. The Morgan fingerprint density at radius 2 is 1.59 bits per heavy atom. The molecule has 0 aliphatic heterocycles. The highest BCUT2D eigenvalue weighted by molar-refractivity contribution is 5.95. The lowest BCUT2D eigenvalue weighted by Crippen LogP contribution is -2.06. The van der Waals surface area contributed by atoms with Gasteiger partial charge in [-0.2, -0.15) is 0 Å². The van der Waals surface area contributed by atoms with E-state index in [2.05, 4.69) is 16.7 Å². The van der Waals surface area contributed by atoms with E-state index in [0.717, 1.165) is 22.5 Å². The van der Waals surface area contributed by atoms with Gasteiger partial charge in [0.15, 0.2) is 0 Å². The number of hydrogen-bond donors (Lipinski definition) is 1. The van der Waals surface area contributed by atoms with Crippen molar-refractivity contribution in [3.8, 4) is 11.3 Å². The molecule has 0 spiro atoms. The molecule has 22 heavy (non-hydrogen) atoms. The predicted molar refractivity (Wildman–Crippen MR) is 87.1 cm³/mol. The zero-order valence-corrected chi connectivity index (χ0v) is 12.4. The van der Waals surface area contributed by atoms with Gasteiger partial charge in [-0.1, -0.05) is 60.7 Å². The number of carboxylic acid groups (broad SMARTS) is 1. The van der Waals surface area contributed by atoms with Crippen molar-refractivity contribution in [3.05, 3.63) is 83.6 Å². The minimum atomic E-state index is -0.895. The number of carboxylic acids is 1. The average molecular weight is 291 g/mol. The quantitative estimate of drug-likeness (QED) is 0.782. The second-order valence-electron chi connectivity index (χ2n) is 5.29. The first-order chi connectivity index (χ1) is 10.7. The first-order valence-corrected chi connectivity index (χ1v) is 7.19. The Bertz CT molecular complexity index is 789. The summed E-state index contributed by atoms with van der Waals surface area (Å²) < 4.78 is 2.06. The molecule has 0 amide bonds. The Balaban J connectivity index is 2.15. The van der Waals surface area contributed by atoms with Gasteiger partial charge in [-0.15, -0.1) is 0 Å². The molecule has 2 aromatic carbocycles. The molecule has 0 saturated carbocycles. The normalized spacial score (nSPS) is 10.6. The van der Waals surface area contributed by atoms with Gasteiger partial charge >= 0.3 is 5.97 Å². The molecular weight excluding hydrogens is 274 g/mol. The van der Waals surface area contributed by atoms with Gasteiger partial charge in [0.1, 0.15) is 0 Å². The number of hydrogen-bond acceptors (Lipinski definition) is 1. The molecule has 0 atom stereocenters. The summed E-state index contributed by atoms with van der Waals surface area (Å²) in [5, 5.41) is 9.52. The van der Waals surface area contributed by atoms with Crippen molar-refractivity contribution in [2.24, 2.45) is 0 Å². The fourth-order valence-corrected chi connectivity index (χ4v) is 2.72. The molecule has 3 heteroatoms. The smallest absolute Gasteiger partial charge is 0.337 e. The molecule has 1 N–H and O–H groups in total. The van der Waals surface area contributed by atoms with Crippen LogP contribution in [0.15, 0.2) is 66.7 Å².